The molecule has 0 spiro atoms. The molecule has 1 fully saturated rings. The van der Waals surface area contributed by atoms with E-state index in [1.807, 2.05) is 29.6 Å². The predicted octanol–water partition coefficient (Wildman–Crippen LogP) is 4.02. The maximum absolute atomic E-state index is 12.4. The number of halogens is 1. The van der Waals surface area contributed by atoms with E-state index in [9.17, 15) is 14.7 Å². The predicted molar refractivity (Wildman–Crippen MR) is 101 cm³/mol. The number of carbonyl (C=O) groups excluding carboxylic acids is 1. The normalized spacial score (nSPS) is 16.4. The van der Waals surface area contributed by atoms with Gasteiger partial charge in [-0.1, -0.05) is 47.3 Å². The minimum Gasteiger partial charge on any atom is -0.480 e. The summed E-state index contributed by atoms with van der Waals surface area (Å²) < 4.78 is 0.972. The molecule has 2 N–H and O–H groups in total. The lowest BCUT2D eigenvalue weighted by Crippen LogP contribution is -2.56. The van der Waals surface area contributed by atoms with Gasteiger partial charge in [0.1, 0.15) is 10.5 Å². The molecule has 1 aromatic heterocycles. The molecular formula is C18H19BrN2O3S. The van der Waals surface area contributed by atoms with E-state index in [2.05, 4.69) is 26.2 Å². The van der Waals surface area contributed by atoms with Crippen molar-refractivity contribution in [1.29, 1.82) is 0 Å². The van der Waals surface area contributed by atoms with Gasteiger partial charge in [0.2, 0.25) is 5.91 Å². The Hall–Kier alpha value is -1.73. The number of aliphatic carboxylic acids is 1. The van der Waals surface area contributed by atoms with Crippen LogP contribution in [0, 0.1) is 0 Å². The van der Waals surface area contributed by atoms with Crippen LogP contribution in [0.4, 0.5) is 0 Å². The molecule has 1 saturated carbocycles. The topological polar surface area (TPSA) is 79.3 Å². The first-order valence-corrected chi connectivity index (χ1v) is 9.90. The lowest BCUT2D eigenvalue weighted by molar-refractivity contribution is -0.149. The van der Waals surface area contributed by atoms with Crippen molar-refractivity contribution in [3.05, 3.63) is 39.8 Å². The van der Waals surface area contributed by atoms with Gasteiger partial charge in [0, 0.05) is 15.4 Å². The first kappa shape index (κ1) is 18.1. The van der Waals surface area contributed by atoms with Gasteiger partial charge in [-0.05, 0) is 25.0 Å². The number of hydrogen-bond donors (Lipinski definition) is 2. The van der Waals surface area contributed by atoms with Crippen molar-refractivity contribution >= 4 is 39.1 Å². The van der Waals surface area contributed by atoms with Gasteiger partial charge in [0.05, 0.1) is 12.1 Å². The van der Waals surface area contributed by atoms with Crippen molar-refractivity contribution in [2.24, 2.45) is 0 Å². The van der Waals surface area contributed by atoms with E-state index < -0.39 is 11.5 Å². The summed E-state index contributed by atoms with van der Waals surface area (Å²) in [6.07, 6.45) is 3.77. The molecule has 5 nitrogen and oxygen atoms in total. The number of aromatic nitrogens is 1. The first-order valence-electron chi connectivity index (χ1n) is 8.23. The Morgan fingerprint density at radius 3 is 2.72 bits per heavy atom. The van der Waals surface area contributed by atoms with E-state index in [1.165, 1.54) is 11.3 Å². The molecule has 0 aliphatic heterocycles. The Morgan fingerprint density at radius 1 is 1.28 bits per heavy atom. The molecule has 1 heterocycles. The van der Waals surface area contributed by atoms with Crippen LogP contribution in [0.2, 0.25) is 0 Å². The van der Waals surface area contributed by atoms with E-state index in [1.54, 1.807) is 0 Å². The fourth-order valence-electron chi connectivity index (χ4n) is 3.17. The van der Waals surface area contributed by atoms with Gasteiger partial charge >= 0.3 is 5.97 Å². The lowest BCUT2D eigenvalue weighted by Gasteiger charge is -2.33. The van der Waals surface area contributed by atoms with Gasteiger partial charge in [-0.15, -0.1) is 11.3 Å². The van der Waals surface area contributed by atoms with Crippen molar-refractivity contribution in [2.45, 2.75) is 44.1 Å². The van der Waals surface area contributed by atoms with Crippen molar-refractivity contribution < 1.29 is 14.7 Å². The fourth-order valence-corrected chi connectivity index (χ4v) is 4.38. The molecule has 25 heavy (non-hydrogen) atoms. The van der Waals surface area contributed by atoms with E-state index in [0.717, 1.165) is 34.3 Å². The number of nitrogens with zero attached hydrogens (tertiary/aromatic N) is 1. The quantitative estimate of drug-likeness (QED) is 0.762. The summed E-state index contributed by atoms with van der Waals surface area (Å²) in [6.45, 7) is 0. The fraction of sp³-hybridized carbons (Fsp3) is 0.389. The number of benzene rings is 1. The lowest BCUT2D eigenvalue weighted by atomic mass is 9.81. The molecular weight excluding hydrogens is 404 g/mol. The molecule has 0 unspecified atom stereocenters. The third-order valence-corrected chi connectivity index (χ3v) is 5.89. The summed E-state index contributed by atoms with van der Waals surface area (Å²) >= 11 is 4.91. The molecule has 3 rings (SSSR count). The van der Waals surface area contributed by atoms with Crippen molar-refractivity contribution in [2.75, 3.05) is 0 Å². The van der Waals surface area contributed by atoms with E-state index in [4.69, 9.17) is 0 Å². The van der Waals surface area contributed by atoms with Crippen LogP contribution in [-0.4, -0.2) is 27.5 Å². The van der Waals surface area contributed by atoms with Crippen LogP contribution < -0.4 is 5.32 Å². The van der Waals surface area contributed by atoms with Crippen LogP contribution >= 0.6 is 27.3 Å². The zero-order valence-electron chi connectivity index (χ0n) is 13.6. The van der Waals surface area contributed by atoms with Crippen LogP contribution in [0.3, 0.4) is 0 Å². The summed E-state index contributed by atoms with van der Waals surface area (Å²) in [4.78, 5) is 28.5. The Bertz CT molecular complexity index is 784. The zero-order chi connectivity index (χ0) is 17.9. The van der Waals surface area contributed by atoms with Gasteiger partial charge in [0.25, 0.3) is 0 Å². The maximum Gasteiger partial charge on any atom is 0.329 e. The molecule has 0 saturated heterocycles. The van der Waals surface area contributed by atoms with Crippen LogP contribution in [0.25, 0.3) is 10.6 Å². The maximum atomic E-state index is 12.4. The second-order valence-corrected chi connectivity index (χ2v) is 8.10. The molecule has 2 aromatic rings. The second kappa shape index (κ2) is 7.66. The number of thiazole rings is 1. The van der Waals surface area contributed by atoms with Gasteiger partial charge in [0.15, 0.2) is 0 Å². The third kappa shape index (κ3) is 4.27. The number of carboxylic acids is 1. The largest absolute Gasteiger partial charge is 0.480 e. The Labute approximate surface area is 158 Å². The van der Waals surface area contributed by atoms with Crippen molar-refractivity contribution in [3.63, 3.8) is 0 Å². The second-order valence-electron chi connectivity index (χ2n) is 6.33. The molecule has 0 bridgehead atoms. The summed E-state index contributed by atoms with van der Waals surface area (Å²) in [5.74, 6) is -1.22. The zero-order valence-corrected chi connectivity index (χ0v) is 16.0. The number of rotatable bonds is 5. The number of nitrogens with one attached hydrogen (secondary N) is 1. The number of carbonyl (C=O) groups is 2. The summed E-state index contributed by atoms with van der Waals surface area (Å²) in [7, 11) is 0. The van der Waals surface area contributed by atoms with Crippen LogP contribution in [0.15, 0.2) is 34.1 Å². The van der Waals surface area contributed by atoms with E-state index in [-0.39, 0.29) is 12.3 Å². The summed E-state index contributed by atoms with van der Waals surface area (Å²) in [5, 5.41) is 15.0. The average molecular weight is 423 g/mol. The molecule has 0 radical (unpaired) electrons. The summed E-state index contributed by atoms with van der Waals surface area (Å²) in [5.41, 5.74) is 0.535. The minimum atomic E-state index is -1.11. The highest BCUT2D eigenvalue weighted by Crippen LogP contribution is 2.29. The van der Waals surface area contributed by atoms with Gasteiger partial charge in [-0.25, -0.2) is 9.78 Å². The highest BCUT2D eigenvalue weighted by atomic mass is 79.9. The molecule has 7 heteroatoms. The van der Waals surface area contributed by atoms with Crippen LogP contribution in [0.1, 0.15) is 37.8 Å². The van der Waals surface area contributed by atoms with Crippen molar-refractivity contribution in [1.82, 2.24) is 10.3 Å². The van der Waals surface area contributed by atoms with Gasteiger partial charge in [-0.3, -0.25) is 4.79 Å². The van der Waals surface area contributed by atoms with Crippen LogP contribution in [-0.2, 0) is 16.0 Å². The highest BCUT2D eigenvalue weighted by molar-refractivity contribution is 9.10. The molecule has 1 aromatic carbocycles. The smallest absolute Gasteiger partial charge is 0.329 e. The standard InChI is InChI=1S/C18H19BrN2O3S/c19-13-6-4-5-12(9-13)16-20-14(11-25-16)10-15(22)21-18(17(23)24)7-2-1-3-8-18/h4-6,9,11H,1-3,7-8,10H2,(H,21,22)(H,23,24). The van der Waals surface area contributed by atoms with E-state index in [0.29, 0.717) is 18.5 Å². The minimum absolute atomic E-state index is 0.0968. The van der Waals surface area contributed by atoms with E-state index >= 15 is 0 Å². The molecule has 1 amide bonds. The van der Waals surface area contributed by atoms with Crippen molar-refractivity contribution in [3.8, 4) is 10.6 Å². The Balaban J connectivity index is 1.68. The molecule has 1 aliphatic carbocycles. The molecule has 0 atom stereocenters. The molecule has 1 aliphatic rings. The first-order chi connectivity index (χ1) is 12.0. The number of carboxylic acid groups (broad SMARTS) is 1. The number of amides is 1. The summed E-state index contributed by atoms with van der Waals surface area (Å²) in [6, 6.07) is 7.83. The Morgan fingerprint density at radius 2 is 2.04 bits per heavy atom. The average Bonchev–Trinajstić information content (AvgIpc) is 3.04. The van der Waals surface area contributed by atoms with Crippen LogP contribution in [0.5, 0.6) is 0 Å². The monoisotopic (exact) mass is 422 g/mol. The third-order valence-electron chi connectivity index (χ3n) is 4.46. The number of hydrogen-bond acceptors (Lipinski definition) is 4. The Kier molecular flexibility index (Phi) is 5.54. The SMILES string of the molecule is O=C(Cc1csc(-c2cccc(Br)c2)n1)NC1(C(=O)O)CCCCC1. The molecule has 132 valence electrons. The highest BCUT2D eigenvalue weighted by Gasteiger charge is 2.40. The van der Waals surface area contributed by atoms with Gasteiger partial charge in [-0.2, -0.15) is 0 Å². The van der Waals surface area contributed by atoms with Gasteiger partial charge < -0.3 is 10.4 Å².